The predicted octanol–water partition coefficient (Wildman–Crippen LogP) is 7.25. The number of carbonyl (C=O) groups is 1. The van der Waals surface area contributed by atoms with E-state index in [4.69, 9.17) is 19.4 Å². The number of aromatic nitrogens is 5. The zero-order valence-corrected chi connectivity index (χ0v) is 30.6. The molecule has 4 atom stereocenters. The molecule has 0 amide bonds. The number of rotatable bonds is 18. The number of hydrogen-bond donors (Lipinski definition) is 2. The van der Waals surface area contributed by atoms with Gasteiger partial charge in [-0.15, -0.1) is 0 Å². The first-order valence-electron chi connectivity index (χ1n) is 16.4. The predicted molar refractivity (Wildman–Crippen MR) is 175 cm³/mol. The van der Waals surface area contributed by atoms with Crippen molar-refractivity contribution in [2.45, 2.75) is 135 Å². The molecule has 0 unspecified atom stereocenters. The van der Waals surface area contributed by atoms with Crippen LogP contribution >= 0.6 is 11.8 Å². The van der Waals surface area contributed by atoms with E-state index in [1.54, 1.807) is 16.4 Å². The zero-order chi connectivity index (χ0) is 31.0. The molecule has 2 aromatic heterocycles. The van der Waals surface area contributed by atoms with Crippen LogP contribution < -0.4 is 5.32 Å². The number of anilines is 1. The molecule has 0 aromatic carbocycles. The van der Waals surface area contributed by atoms with Crippen LogP contribution in [0.15, 0.2) is 15.3 Å². The van der Waals surface area contributed by atoms with Gasteiger partial charge in [-0.1, -0.05) is 0 Å². The van der Waals surface area contributed by atoms with Crippen molar-refractivity contribution in [3.63, 3.8) is 0 Å². The van der Waals surface area contributed by atoms with Crippen LogP contribution in [0, 0.1) is 5.92 Å². The molecule has 240 valence electrons. The van der Waals surface area contributed by atoms with Crippen LogP contribution in [0.4, 0.5) is 5.82 Å². The Morgan fingerprint density at radius 3 is 2.30 bits per heavy atom. The Labute approximate surface area is 265 Å². The van der Waals surface area contributed by atoms with Crippen molar-refractivity contribution in [1.29, 1.82) is 0 Å². The Balaban J connectivity index is 1.61. The molecule has 2 aromatic rings. The Kier molecular flexibility index (Phi) is 12.6. The number of aliphatic carboxylic acids is 1. The van der Waals surface area contributed by atoms with Gasteiger partial charge in [0.1, 0.15) is 0 Å². The third-order valence-electron chi connectivity index (χ3n) is 8.75. The van der Waals surface area contributed by atoms with E-state index in [0.717, 1.165) is 12.2 Å². The first-order valence-corrected chi connectivity index (χ1v) is 25.1. The number of ether oxygens (including phenoxy) is 2. The van der Waals surface area contributed by atoms with Crippen molar-refractivity contribution >= 4 is 53.1 Å². The van der Waals surface area contributed by atoms with E-state index < -0.39 is 48.3 Å². The molecule has 0 bridgehead atoms. The summed E-state index contributed by atoms with van der Waals surface area (Å²) in [6, 6.07) is -0.352. The molecule has 1 aliphatic heterocycles. The number of hydrogen-bond acceptors (Lipinski definition) is 9. The number of thioether (sulfide) groups is 1. The van der Waals surface area contributed by atoms with Gasteiger partial charge >= 0.3 is 243 Å². The monoisotopic (exact) mass is 724 g/mol. The quantitative estimate of drug-likeness (QED) is 0.0924. The van der Waals surface area contributed by atoms with E-state index >= 15 is 0 Å². The van der Waals surface area contributed by atoms with Crippen molar-refractivity contribution in [3.8, 4) is 0 Å². The Bertz CT molecular complexity index is 1220. The van der Waals surface area contributed by atoms with Crippen LogP contribution in [0.3, 0.4) is 0 Å². The van der Waals surface area contributed by atoms with Crippen molar-refractivity contribution < 1.29 is 19.4 Å². The molecule has 2 fully saturated rings. The number of carboxylic acids is 1. The molecule has 0 radical (unpaired) electrons. The fourth-order valence-corrected chi connectivity index (χ4v) is 21.6. The second-order valence-corrected chi connectivity index (χ2v) is 26.7. The molecule has 10 nitrogen and oxygen atoms in total. The van der Waals surface area contributed by atoms with E-state index in [1.807, 2.05) is 13.8 Å². The Hall–Kier alpha value is -1.44. The van der Waals surface area contributed by atoms with Crippen molar-refractivity contribution in [2.75, 3.05) is 17.6 Å². The minimum atomic E-state index is -2.39. The van der Waals surface area contributed by atoms with Crippen molar-refractivity contribution in [3.05, 3.63) is 10.2 Å². The van der Waals surface area contributed by atoms with Gasteiger partial charge in [0.2, 0.25) is 0 Å². The van der Waals surface area contributed by atoms with Gasteiger partial charge in [-0.3, -0.25) is 4.79 Å². The fourth-order valence-electron chi connectivity index (χ4n) is 6.53. The molecule has 3 heterocycles. The van der Waals surface area contributed by atoms with Gasteiger partial charge < -0.3 is 5.11 Å². The number of nitrogens with zero attached hydrogens (tertiary/aromatic N) is 5. The maximum atomic E-state index is 12.1. The van der Waals surface area contributed by atoms with Gasteiger partial charge in [0, 0.05) is 0 Å². The summed E-state index contributed by atoms with van der Waals surface area (Å²) in [4.78, 5) is 21.8. The summed E-state index contributed by atoms with van der Waals surface area (Å²) in [5.74, 6) is -0.862. The number of carboxylic acid groups (broad SMARTS) is 1. The van der Waals surface area contributed by atoms with Crippen LogP contribution in [0.2, 0.25) is 13.3 Å². The molecular weight excluding hydrogens is 671 g/mol. The summed E-state index contributed by atoms with van der Waals surface area (Å²) in [7, 11) is 0. The summed E-state index contributed by atoms with van der Waals surface area (Å²) in [6.07, 6.45) is 10.5. The van der Waals surface area contributed by atoms with Gasteiger partial charge in [0.05, 0.1) is 0 Å². The summed E-state index contributed by atoms with van der Waals surface area (Å²) in [6.45, 7) is 13.4. The van der Waals surface area contributed by atoms with Gasteiger partial charge in [0.25, 0.3) is 0 Å². The van der Waals surface area contributed by atoms with E-state index in [1.165, 1.54) is 51.8 Å². The number of fused-ring (bicyclic) bond motifs is 2. The van der Waals surface area contributed by atoms with Gasteiger partial charge in [-0.25, -0.2) is 0 Å². The normalized spacial score (nSPS) is 23.4. The first kappa shape index (κ1) is 34.4. The SMILES string of the molecule is CCC[CH2][Sn](/[CH]=C/CNc1nc(SCCC)nc2c1nnn2[C@@H]1C[C@H](C(=O)O)[C@H]2OC(C)(C)O[C@H]21)([CH2]CCC)[CH2]CCC. The maximum absolute atomic E-state index is 12.1. The van der Waals surface area contributed by atoms with E-state index in [9.17, 15) is 9.90 Å². The Morgan fingerprint density at radius 1 is 1.05 bits per heavy atom. The van der Waals surface area contributed by atoms with Gasteiger partial charge in [0.15, 0.2) is 0 Å². The van der Waals surface area contributed by atoms with Crippen molar-refractivity contribution in [2.24, 2.45) is 5.92 Å². The number of nitrogens with one attached hydrogen (secondary N) is 1. The second-order valence-electron chi connectivity index (χ2n) is 12.7. The second kappa shape index (κ2) is 15.7. The molecule has 1 aliphatic carbocycles. The average molecular weight is 724 g/mol. The van der Waals surface area contributed by atoms with Crippen LogP contribution in [0.1, 0.15) is 99.0 Å². The number of unbranched alkanes of at least 4 members (excludes halogenated alkanes) is 3. The van der Waals surface area contributed by atoms with Crippen LogP contribution in [0.25, 0.3) is 11.2 Å². The van der Waals surface area contributed by atoms with E-state index in [0.29, 0.717) is 35.1 Å². The molecule has 4 rings (SSSR count). The third kappa shape index (κ3) is 8.43. The van der Waals surface area contributed by atoms with Crippen LogP contribution in [0.5, 0.6) is 0 Å². The fraction of sp³-hybridized carbons (Fsp3) is 0.774. The molecule has 43 heavy (non-hydrogen) atoms. The summed E-state index contributed by atoms with van der Waals surface area (Å²) in [5.41, 5.74) is 1.20. The van der Waals surface area contributed by atoms with E-state index in [2.05, 4.69) is 53.5 Å². The van der Waals surface area contributed by atoms with E-state index in [-0.39, 0.29) is 6.04 Å². The molecule has 0 spiro atoms. The molecule has 12 heteroatoms. The van der Waals surface area contributed by atoms with Crippen molar-refractivity contribution in [1.82, 2.24) is 25.0 Å². The molecule has 1 saturated carbocycles. The minimum absolute atomic E-state index is 0.342. The average Bonchev–Trinajstić information content (AvgIpc) is 3.64. The molecule has 2 aliphatic rings. The molecule has 1 saturated heterocycles. The van der Waals surface area contributed by atoms with Gasteiger partial charge in [-0.2, -0.15) is 0 Å². The molecule has 2 N–H and O–H groups in total. The summed E-state index contributed by atoms with van der Waals surface area (Å²) < 4.78 is 21.0. The zero-order valence-electron chi connectivity index (χ0n) is 27.0. The van der Waals surface area contributed by atoms with Crippen LogP contribution in [-0.4, -0.2) is 84.7 Å². The summed E-state index contributed by atoms with van der Waals surface area (Å²) in [5, 5.41) is 23.2. The van der Waals surface area contributed by atoms with Gasteiger partial charge in [-0.05, 0) is 13.8 Å². The standard InChI is InChI=1S/C19H25N6O4S.3C4H9.Sn/c1-5-7-20-15-12-16(22-18(21-15)30-8-6-2)25(24-23-12)11-9-10(17(26)27)13-14(11)29-19(3,4)28-13;3*1-3-4-2;/h1,5,10-11,13-14H,6-9H2,2-4H3,(H,26,27)(H,20,21,22);3*1,3-4H2,2H3;/t10-,11+,13+,14-;;;;/m0..../s1. The Morgan fingerprint density at radius 2 is 1.70 bits per heavy atom. The molecular formula is C31H52N6O4SSn. The third-order valence-corrected chi connectivity index (χ3v) is 24.0. The first-order chi connectivity index (χ1) is 20.7. The topological polar surface area (TPSA) is 124 Å². The summed E-state index contributed by atoms with van der Waals surface area (Å²) >= 11 is -0.776. The van der Waals surface area contributed by atoms with Crippen LogP contribution in [-0.2, 0) is 14.3 Å².